The average molecular weight is 152 g/mol. The van der Waals surface area contributed by atoms with Gasteiger partial charge in [0.25, 0.3) is 0 Å². The predicted molar refractivity (Wildman–Crippen MR) is 44.2 cm³/mol. The molecule has 3 aliphatic carbocycles. The first kappa shape index (κ1) is 7.33. The van der Waals surface area contributed by atoms with E-state index in [1.165, 1.54) is 6.42 Å². The normalized spacial score (nSPS) is 46.8. The maximum absolute atomic E-state index is 11.5. The van der Waals surface area contributed by atoms with E-state index in [-0.39, 0.29) is 0 Å². The number of carbonyl (C=O) groups excluding carboxylic acids is 1. The second kappa shape index (κ2) is 1.88. The Labute approximate surface area is 68.2 Å². The molecule has 3 aliphatic rings. The molecule has 2 bridgehead atoms. The number of rotatable bonds is 0. The van der Waals surface area contributed by atoms with Crippen LogP contribution < -0.4 is 0 Å². The van der Waals surface area contributed by atoms with Crippen molar-refractivity contribution in [1.29, 1.82) is 0 Å². The number of fused-ring (bicyclic) bond motifs is 2. The van der Waals surface area contributed by atoms with Gasteiger partial charge in [0.15, 0.2) is 0 Å². The molecule has 0 heterocycles. The Bertz CT molecular complexity index is 205. The summed E-state index contributed by atoms with van der Waals surface area (Å²) in [4.78, 5) is 11.5. The Morgan fingerprint density at radius 1 is 1.45 bits per heavy atom. The Hall–Kier alpha value is -0.330. The minimum absolute atomic E-state index is 0.328. The van der Waals surface area contributed by atoms with Crippen molar-refractivity contribution in [3.8, 4) is 0 Å². The lowest BCUT2D eigenvalue weighted by Gasteiger charge is -2.58. The third-order valence-electron chi connectivity index (χ3n) is 3.94. The van der Waals surface area contributed by atoms with Crippen molar-refractivity contribution in [2.24, 2.45) is 23.2 Å². The van der Waals surface area contributed by atoms with Crippen molar-refractivity contribution < 1.29 is 4.79 Å². The highest BCUT2D eigenvalue weighted by atomic mass is 16.1. The van der Waals surface area contributed by atoms with E-state index in [1.807, 2.05) is 0 Å². The van der Waals surface area contributed by atoms with Crippen LogP contribution in [0.15, 0.2) is 0 Å². The van der Waals surface area contributed by atoms with E-state index >= 15 is 0 Å². The van der Waals surface area contributed by atoms with Gasteiger partial charge in [-0.1, -0.05) is 20.8 Å². The van der Waals surface area contributed by atoms with Crippen LogP contribution in [-0.2, 0) is 4.79 Å². The zero-order valence-electron chi connectivity index (χ0n) is 7.55. The Morgan fingerprint density at radius 2 is 2.09 bits per heavy atom. The van der Waals surface area contributed by atoms with E-state index in [0.717, 1.165) is 12.3 Å². The van der Waals surface area contributed by atoms with Crippen molar-refractivity contribution in [2.75, 3.05) is 0 Å². The number of hydrogen-bond acceptors (Lipinski definition) is 1. The summed E-state index contributed by atoms with van der Waals surface area (Å²) in [5.41, 5.74) is 0.328. The molecular weight excluding hydrogens is 136 g/mol. The summed E-state index contributed by atoms with van der Waals surface area (Å²) in [6, 6.07) is 0. The van der Waals surface area contributed by atoms with Gasteiger partial charge in [-0.2, -0.15) is 0 Å². The monoisotopic (exact) mass is 152 g/mol. The van der Waals surface area contributed by atoms with Gasteiger partial charge in [0.05, 0.1) is 0 Å². The molecule has 0 aromatic heterocycles. The van der Waals surface area contributed by atoms with Crippen molar-refractivity contribution in [2.45, 2.75) is 33.6 Å². The Balaban J connectivity index is 2.26. The maximum Gasteiger partial charge on any atom is 0.136 e. The highest BCUT2D eigenvalue weighted by Gasteiger charge is 2.56. The molecule has 0 unspecified atom stereocenters. The minimum atomic E-state index is 0.328. The molecule has 0 saturated heterocycles. The van der Waals surface area contributed by atoms with Crippen LogP contribution in [0.25, 0.3) is 0 Å². The van der Waals surface area contributed by atoms with Crippen LogP contribution in [0.2, 0.25) is 0 Å². The molecule has 0 aromatic carbocycles. The first-order valence-electron chi connectivity index (χ1n) is 4.56. The molecule has 3 rings (SSSR count). The summed E-state index contributed by atoms with van der Waals surface area (Å²) < 4.78 is 0. The smallest absolute Gasteiger partial charge is 0.136 e. The van der Waals surface area contributed by atoms with Crippen LogP contribution in [0.3, 0.4) is 0 Å². The number of ketones is 1. The minimum Gasteiger partial charge on any atom is -0.299 e. The van der Waals surface area contributed by atoms with Crippen LogP contribution in [0, 0.1) is 23.2 Å². The lowest BCUT2D eigenvalue weighted by atomic mass is 9.45. The molecule has 3 fully saturated rings. The van der Waals surface area contributed by atoms with Gasteiger partial charge in [-0.25, -0.2) is 0 Å². The molecule has 0 amide bonds. The zero-order valence-corrected chi connectivity index (χ0v) is 7.55. The molecule has 0 aliphatic heterocycles. The first-order valence-corrected chi connectivity index (χ1v) is 4.56. The summed E-state index contributed by atoms with van der Waals surface area (Å²) in [5.74, 6) is 2.39. The van der Waals surface area contributed by atoms with Crippen LogP contribution in [0.5, 0.6) is 0 Å². The highest BCUT2D eigenvalue weighted by molar-refractivity contribution is 5.84. The molecule has 0 N–H and O–H groups in total. The summed E-state index contributed by atoms with van der Waals surface area (Å²) >= 11 is 0. The fraction of sp³-hybridized carbons (Fsp3) is 0.900. The van der Waals surface area contributed by atoms with Gasteiger partial charge in [0, 0.05) is 12.3 Å². The van der Waals surface area contributed by atoms with Crippen LogP contribution in [0.1, 0.15) is 33.6 Å². The topological polar surface area (TPSA) is 17.1 Å². The largest absolute Gasteiger partial charge is 0.299 e. The van der Waals surface area contributed by atoms with Crippen LogP contribution >= 0.6 is 0 Å². The third-order valence-corrected chi connectivity index (χ3v) is 3.94. The van der Waals surface area contributed by atoms with E-state index < -0.39 is 0 Å². The standard InChI is InChI=1S/C10H16O/c1-6-4-9(11)8-5-7(6)10(8,2)3/h6-8H,4-5H2,1-3H3/t6-,7-,8-/m1/s1. The second-order valence-corrected chi connectivity index (χ2v) is 4.86. The highest BCUT2D eigenvalue weighted by Crippen LogP contribution is 2.59. The molecule has 1 heteroatoms. The Kier molecular flexibility index (Phi) is 1.25. The predicted octanol–water partition coefficient (Wildman–Crippen LogP) is 2.26. The SMILES string of the molecule is C[C@@H]1CC(=O)[C@H]2C[C@H]1C2(C)C. The molecule has 0 spiro atoms. The van der Waals surface area contributed by atoms with E-state index in [4.69, 9.17) is 0 Å². The fourth-order valence-electron chi connectivity index (χ4n) is 3.07. The number of Topliss-reactive ketones (excluding diaryl/α,β-unsaturated/α-hetero) is 1. The van der Waals surface area contributed by atoms with Crippen LogP contribution in [-0.4, -0.2) is 5.78 Å². The molecule has 3 saturated carbocycles. The van der Waals surface area contributed by atoms with Gasteiger partial charge < -0.3 is 0 Å². The molecule has 3 atom stereocenters. The van der Waals surface area contributed by atoms with E-state index in [1.54, 1.807) is 0 Å². The van der Waals surface area contributed by atoms with Gasteiger partial charge in [0.2, 0.25) is 0 Å². The lowest BCUT2D eigenvalue weighted by Crippen LogP contribution is -2.56. The molecule has 1 nitrogen and oxygen atoms in total. The molecule has 0 radical (unpaired) electrons. The van der Waals surface area contributed by atoms with Gasteiger partial charge >= 0.3 is 0 Å². The fourth-order valence-corrected chi connectivity index (χ4v) is 3.07. The third kappa shape index (κ3) is 0.743. The Morgan fingerprint density at radius 3 is 2.45 bits per heavy atom. The molecular formula is C10H16O. The summed E-state index contributed by atoms with van der Waals surface area (Å²) in [6.45, 7) is 6.72. The van der Waals surface area contributed by atoms with E-state index in [2.05, 4.69) is 20.8 Å². The van der Waals surface area contributed by atoms with Gasteiger partial charge in [-0.05, 0) is 23.7 Å². The van der Waals surface area contributed by atoms with E-state index in [0.29, 0.717) is 23.0 Å². The summed E-state index contributed by atoms with van der Waals surface area (Å²) in [7, 11) is 0. The quantitative estimate of drug-likeness (QED) is 0.520. The average Bonchev–Trinajstić information content (AvgIpc) is 1.84. The van der Waals surface area contributed by atoms with Crippen molar-refractivity contribution in [3.63, 3.8) is 0 Å². The second-order valence-electron chi connectivity index (χ2n) is 4.86. The maximum atomic E-state index is 11.5. The molecule has 62 valence electrons. The van der Waals surface area contributed by atoms with E-state index in [9.17, 15) is 4.79 Å². The van der Waals surface area contributed by atoms with Gasteiger partial charge in [-0.15, -0.1) is 0 Å². The lowest BCUT2D eigenvalue weighted by molar-refractivity contribution is -0.156. The first-order chi connectivity index (χ1) is 5.03. The van der Waals surface area contributed by atoms with Gasteiger partial charge in [0.1, 0.15) is 5.78 Å². The summed E-state index contributed by atoms with van der Waals surface area (Å²) in [6.07, 6.45) is 2.02. The summed E-state index contributed by atoms with van der Waals surface area (Å²) in [5, 5.41) is 0. The number of hydrogen-bond donors (Lipinski definition) is 0. The van der Waals surface area contributed by atoms with Gasteiger partial charge in [-0.3, -0.25) is 4.79 Å². The zero-order chi connectivity index (χ0) is 8.22. The van der Waals surface area contributed by atoms with Crippen molar-refractivity contribution >= 4 is 5.78 Å². The molecule has 11 heavy (non-hydrogen) atoms. The number of carbonyl (C=O) groups is 1. The van der Waals surface area contributed by atoms with Crippen molar-refractivity contribution in [3.05, 3.63) is 0 Å². The van der Waals surface area contributed by atoms with Crippen LogP contribution in [0.4, 0.5) is 0 Å². The van der Waals surface area contributed by atoms with Crippen molar-refractivity contribution in [1.82, 2.24) is 0 Å². The molecule has 0 aromatic rings.